The molecule has 1 heterocycles. The number of hydrogen-bond donors (Lipinski definition) is 1. The fourth-order valence-electron chi connectivity index (χ4n) is 2.51. The Labute approximate surface area is 139 Å². The van der Waals surface area contributed by atoms with E-state index in [1.54, 1.807) is 19.2 Å². The van der Waals surface area contributed by atoms with Crippen molar-refractivity contribution < 1.29 is 14.1 Å². The topological polar surface area (TPSA) is 73.2 Å². The molecular formula is C19H15FN3O+. The number of nitrogen functional groups attached to an aromatic ring is 1. The van der Waals surface area contributed by atoms with Crippen molar-refractivity contribution in [3.63, 3.8) is 0 Å². The summed E-state index contributed by atoms with van der Waals surface area (Å²) in [6.07, 6.45) is 0. The van der Waals surface area contributed by atoms with Crippen LogP contribution in [0.4, 0.5) is 10.2 Å². The number of benzene rings is 2. The maximum absolute atomic E-state index is 13.2. The van der Waals surface area contributed by atoms with Crippen LogP contribution in [0.5, 0.6) is 5.75 Å². The number of ether oxygens (including phenoxy) is 1. The SMILES string of the molecule is COc1ccc(-c2cc(-c3ccc(F)cc3)c(C#N)c(N)[nH+]2)cc1. The summed E-state index contributed by atoms with van der Waals surface area (Å²) in [5, 5.41) is 9.40. The lowest BCUT2D eigenvalue weighted by Gasteiger charge is -2.08. The average molecular weight is 320 g/mol. The highest BCUT2D eigenvalue weighted by molar-refractivity contribution is 5.77. The third-order valence-electron chi connectivity index (χ3n) is 3.76. The van der Waals surface area contributed by atoms with E-state index >= 15 is 0 Å². The summed E-state index contributed by atoms with van der Waals surface area (Å²) in [5.41, 5.74) is 9.38. The maximum Gasteiger partial charge on any atom is 0.289 e. The second kappa shape index (κ2) is 6.39. The maximum atomic E-state index is 13.2. The Balaban J connectivity index is 2.15. The lowest BCUT2D eigenvalue weighted by Crippen LogP contribution is -2.16. The zero-order valence-corrected chi connectivity index (χ0v) is 13.0. The van der Waals surface area contributed by atoms with Crippen molar-refractivity contribution in [1.29, 1.82) is 5.26 Å². The Morgan fingerprint density at radius 2 is 1.67 bits per heavy atom. The van der Waals surface area contributed by atoms with Crippen LogP contribution in [-0.4, -0.2) is 7.11 Å². The highest BCUT2D eigenvalue weighted by Gasteiger charge is 2.17. The molecule has 0 aliphatic carbocycles. The molecule has 0 aliphatic rings. The highest BCUT2D eigenvalue weighted by Crippen LogP contribution is 2.29. The third-order valence-corrected chi connectivity index (χ3v) is 3.76. The van der Waals surface area contributed by atoms with Crippen LogP contribution in [0, 0.1) is 17.1 Å². The van der Waals surface area contributed by atoms with E-state index in [0.717, 1.165) is 22.6 Å². The number of aromatic amines is 1. The largest absolute Gasteiger partial charge is 0.497 e. The van der Waals surface area contributed by atoms with Gasteiger partial charge in [-0.3, -0.25) is 5.73 Å². The van der Waals surface area contributed by atoms with Crippen molar-refractivity contribution in [2.45, 2.75) is 0 Å². The molecule has 1 aromatic heterocycles. The summed E-state index contributed by atoms with van der Waals surface area (Å²) >= 11 is 0. The van der Waals surface area contributed by atoms with Crippen molar-refractivity contribution in [2.24, 2.45) is 0 Å². The van der Waals surface area contributed by atoms with E-state index < -0.39 is 0 Å². The summed E-state index contributed by atoms with van der Waals surface area (Å²) in [7, 11) is 1.60. The summed E-state index contributed by atoms with van der Waals surface area (Å²) < 4.78 is 18.3. The summed E-state index contributed by atoms with van der Waals surface area (Å²) in [6.45, 7) is 0. The second-order valence-corrected chi connectivity index (χ2v) is 5.23. The number of H-pyrrole nitrogens is 1. The number of methoxy groups -OCH3 is 1. The Morgan fingerprint density at radius 1 is 1.04 bits per heavy atom. The van der Waals surface area contributed by atoms with Gasteiger partial charge < -0.3 is 4.74 Å². The summed E-state index contributed by atoms with van der Waals surface area (Å²) in [6, 6.07) is 17.4. The first kappa shape index (κ1) is 15.5. The van der Waals surface area contributed by atoms with Crippen molar-refractivity contribution in [2.75, 3.05) is 12.8 Å². The number of anilines is 1. The number of aromatic nitrogens is 1. The number of nitrogens with two attached hydrogens (primary N) is 1. The molecular weight excluding hydrogens is 305 g/mol. The third kappa shape index (κ3) is 2.90. The van der Waals surface area contributed by atoms with Gasteiger partial charge in [-0.15, -0.1) is 0 Å². The number of halogens is 1. The Bertz CT molecular complexity index is 913. The number of rotatable bonds is 3. The smallest absolute Gasteiger partial charge is 0.289 e. The Morgan fingerprint density at radius 3 is 2.25 bits per heavy atom. The first-order chi connectivity index (χ1) is 11.6. The Kier molecular flexibility index (Phi) is 4.13. The molecule has 0 spiro atoms. The van der Waals surface area contributed by atoms with Crippen LogP contribution in [0.25, 0.3) is 22.4 Å². The highest BCUT2D eigenvalue weighted by atomic mass is 19.1. The van der Waals surface area contributed by atoms with E-state index in [2.05, 4.69) is 11.1 Å². The van der Waals surface area contributed by atoms with Gasteiger partial charge in [0.15, 0.2) is 0 Å². The average Bonchev–Trinajstić information content (AvgIpc) is 2.62. The number of nitrogens with zero attached hydrogens (tertiary/aromatic N) is 1. The van der Waals surface area contributed by atoms with Gasteiger partial charge in [0.1, 0.15) is 28.9 Å². The van der Waals surface area contributed by atoms with E-state index in [4.69, 9.17) is 10.5 Å². The monoisotopic (exact) mass is 320 g/mol. The van der Waals surface area contributed by atoms with Gasteiger partial charge in [0, 0.05) is 11.1 Å². The molecule has 0 saturated carbocycles. The number of hydrogen-bond acceptors (Lipinski definition) is 3. The molecule has 0 unspecified atom stereocenters. The number of pyridine rings is 1. The van der Waals surface area contributed by atoms with Crippen LogP contribution in [0.1, 0.15) is 5.56 Å². The van der Waals surface area contributed by atoms with Crippen molar-refractivity contribution in [3.05, 3.63) is 66.0 Å². The fraction of sp³-hybridized carbons (Fsp3) is 0.0526. The van der Waals surface area contributed by atoms with Gasteiger partial charge in [0.05, 0.1) is 7.11 Å². The van der Waals surface area contributed by atoms with Gasteiger partial charge >= 0.3 is 0 Å². The van der Waals surface area contributed by atoms with Crippen LogP contribution >= 0.6 is 0 Å². The molecule has 3 rings (SSSR count). The van der Waals surface area contributed by atoms with Crippen LogP contribution in [0.2, 0.25) is 0 Å². The predicted molar refractivity (Wildman–Crippen MR) is 89.5 cm³/mol. The van der Waals surface area contributed by atoms with Gasteiger partial charge in [0.25, 0.3) is 5.82 Å². The van der Waals surface area contributed by atoms with Crippen LogP contribution < -0.4 is 15.5 Å². The normalized spacial score (nSPS) is 10.2. The quantitative estimate of drug-likeness (QED) is 0.803. The Hall–Kier alpha value is -3.39. The standard InChI is InChI=1S/C19H14FN3O/c1-24-15-8-4-13(5-9-15)18-10-16(17(11-21)19(22)23-18)12-2-6-14(20)7-3-12/h2-10H,1H3,(H2,22,23)/p+1. The molecule has 3 aromatic rings. The molecule has 24 heavy (non-hydrogen) atoms. The zero-order chi connectivity index (χ0) is 17.1. The van der Waals surface area contributed by atoms with Gasteiger partial charge in [-0.1, -0.05) is 12.1 Å². The minimum atomic E-state index is -0.330. The van der Waals surface area contributed by atoms with Crippen LogP contribution in [0.3, 0.4) is 0 Å². The molecule has 118 valence electrons. The van der Waals surface area contributed by atoms with Gasteiger partial charge in [-0.25, -0.2) is 9.37 Å². The fourth-order valence-corrected chi connectivity index (χ4v) is 2.51. The molecule has 0 atom stereocenters. The second-order valence-electron chi connectivity index (χ2n) is 5.23. The molecule has 4 nitrogen and oxygen atoms in total. The van der Waals surface area contributed by atoms with Crippen LogP contribution in [0.15, 0.2) is 54.6 Å². The first-order valence-corrected chi connectivity index (χ1v) is 7.28. The van der Waals surface area contributed by atoms with Crippen molar-refractivity contribution in [3.8, 4) is 34.2 Å². The molecule has 5 heteroatoms. The van der Waals surface area contributed by atoms with Crippen molar-refractivity contribution >= 4 is 5.82 Å². The molecule has 0 bridgehead atoms. The van der Waals surface area contributed by atoms with Gasteiger partial charge in [-0.05, 0) is 48.0 Å². The zero-order valence-electron chi connectivity index (χ0n) is 13.0. The minimum Gasteiger partial charge on any atom is -0.497 e. The molecule has 0 aliphatic heterocycles. The predicted octanol–water partition coefficient (Wildman–Crippen LogP) is 3.44. The van der Waals surface area contributed by atoms with E-state index in [9.17, 15) is 9.65 Å². The number of nitrogens with one attached hydrogen (secondary N) is 1. The van der Waals surface area contributed by atoms with E-state index in [-0.39, 0.29) is 11.6 Å². The number of nitriles is 1. The molecule has 3 N–H and O–H groups in total. The molecule has 0 radical (unpaired) electrons. The summed E-state index contributed by atoms with van der Waals surface area (Å²) in [5.74, 6) is 0.687. The molecule has 0 fully saturated rings. The van der Waals surface area contributed by atoms with E-state index in [0.29, 0.717) is 11.1 Å². The minimum absolute atomic E-state index is 0.269. The first-order valence-electron chi connectivity index (χ1n) is 7.28. The van der Waals surface area contributed by atoms with Gasteiger partial charge in [-0.2, -0.15) is 5.26 Å². The molecule has 0 amide bonds. The van der Waals surface area contributed by atoms with E-state index in [1.165, 1.54) is 12.1 Å². The molecule has 2 aromatic carbocycles. The van der Waals surface area contributed by atoms with Gasteiger partial charge in [0.2, 0.25) is 0 Å². The van der Waals surface area contributed by atoms with E-state index in [1.807, 2.05) is 30.3 Å². The molecule has 0 saturated heterocycles. The summed E-state index contributed by atoms with van der Waals surface area (Å²) in [4.78, 5) is 3.04. The lowest BCUT2D eigenvalue weighted by atomic mass is 9.98. The van der Waals surface area contributed by atoms with Crippen molar-refractivity contribution in [1.82, 2.24) is 0 Å². The van der Waals surface area contributed by atoms with Crippen LogP contribution in [-0.2, 0) is 0 Å². The lowest BCUT2D eigenvalue weighted by molar-refractivity contribution is -0.346.